The van der Waals surface area contributed by atoms with Crippen molar-refractivity contribution < 1.29 is 23.7 Å². The molecule has 0 saturated carbocycles. The first-order valence-corrected chi connectivity index (χ1v) is 8.68. The van der Waals surface area contributed by atoms with Gasteiger partial charge in [-0.25, -0.2) is 4.39 Å². The minimum Gasteiger partial charge on any atom is -0.491 e. The maximum Gasteiger partial charge on any atom is 0.123 e. The molecular formula is C20H27ClFNO4. The molecule has 0 radical (unpaired) electrons. The highest BCUT2D eigenvalue weighted by molar-refractivity contribution is 5.85. The Morgan fingerprint density at radius 3 is 1.78 bits per heavy atom. The van der Waals surface area contributed by atoms with Crippen molar-refractivity contribution in [2.24, 2.45) is 0 Å². The summed E-state index contributed by atoms with van der Waals surface area (Å²) in [5, 5.41) is 13.0. The monoisotopic (exact) mass is 399 g/mol. The predicted octanol–water partition coefficient (Wildman–Crippen LogP) is 3.44. The van der Waals surface area contributed by atoms with Crippen LogP contribution in [0.2, 0.25) is 0 Å². The Balaban J connectivity index is 0.00000364. The summed E-state index contributed by atoms with van der Waals surface area (Å²) in [5.41, 5.74) is 0. The van der Waals surface area contributed by atoms with Crippen molar-refractivity contribution in [3.63, 3.8) is 0 Å². The first-order chi connectivity index (χ1) is 12.5. The van der Waals surface area contributed by atoms with E-state index in [-0.39, 0.29) is 24.8 Å². The summed E-state index contributed by atoms with van der Waals surface area (Å²) in [6, 6.07) is 13.4. The Morgan fingerprint density at radius 2 is 1.30 bits per heavy atom. The molecule has 0 saturated heterocycles. The van der Waals surface area contributed by atoms with Gasteiger partial charge >= 0.3 is 0 Å². The summed E-state index contributed by atoms with van der Waals surface area (Å²) in [5.74, 6) is 1.68. The summed E-state index contributed by atoms with van der Waals surface area (Å²) in [6.07, 6.45) is -0.558. The molecule has 1 atom stereocenters. The van der Waals surface area contributed by atoms with Crippen LogP contribution in [0.3, 0.4) is 0 Å². The smallest absolute Gasteiger partial charge is 0.123 e. The lowest BCUT2D eigenvalue weighted by atomic mass is 10.3. The molecule has 0 aliphatic rings. The summed E-state index contributed by atoms with van der Waals surface area (Å²) in [4.78, 5) is 0. The van der Waals surface area contributed by atoms with Crippen molar-refractivity contribution >= 4 is 12.4 Å². The molecule has 0 bridgehead atoms. The van der Waals surface area contributed by atoms with Crippen molar-refractivity contribution in [3.05, 3.63) is 54.3 Å². The number of aliphatic hydroxyl groups is 1. The van der Waals surface area contributed by atoms with Gasteiger partial charge in [-0.1, -0.05) is 13.8 Å². The van der Waals surface area contributed by atoms with Crippen LogP contribution in [-0.2, 0) is 0 Å². The molecule has 150 valence electrons. The average Bonchev–Trinajstić information content (AvgIpc) is 2.64. The second-order valence-corrected chi connectivity index (χ2v) is 6.15. The van der Waals surface area contributed by atoms with E-state index < -0.39 is 6.10 Å². The van der Waals surface area contributed by atoms with E-state index >= 15 is 0 Å². The molecule has 0 spiro atoms. The number of rotatable bonds is 11. The van der Waals surface area contributed by atoms with Crippen molar-refractivity contribution in [2.75, 3.05) is 26.4 Å². The molecule has 2 aromatic carbocycles. The average molecular weight is 400 g/mol. The quantitative estimate of drug-likeness (QED) is 0.567. The van der Waals surface area contributed by atoms with E-state index in [9.17, 15) is 9.50 Å². The number of ether oxygens (including phenoxy) is 3. The minimum atomic E-state index is -0.558. The molecule has 0 aliphatic heterocycles. The van der Waals surface area contributed by atoms with Crippen molar-refractivity contribution in [1.82, 2.24) is 5.32 Å². The summed E-state index contributed by atoms with van der Waals surface area (Å²) >= 11 is 0. The van der Waals surface area contributed by atoms with Gasteiger partial charge in [-0.2, -0.15) is 0 Å². The highest BCUT2D eigenvalue weighted by Crippen LogP contribution is 2.18. The van der Waals surface area contributed by atoms with Crippen LogP contribution in [0.1, 0.15) is 13.8 Å². The van der Waals surface area contributed by atoms with Gasteiger partial charge in [0.05, 0.1) is 0 Å². The van der Waals surface area contributed by atoms with Crippen molar-refractivity contribution in [1.29, 1.82) is 0 Å². The Hall–Kier alpha value is -2.02. The molecule has 0 amide bonds. The number of hydrogen-bond donors (Lipinski definition) is 2. The van der Waals surface area contributed by atoms with Crippen LogP contribution in [-0.4, -0.2) is 43.6 Å². The van der Waals surface area contributed by atoms with E-state index in [0.717, 1.165) is 0 Å². The SMILES string of the molecule is CC(C)NCC(O)COc1ccc(OCCOc2ccc(F)cc2)cc1.Cl. The summed E-state index contributed by atoms with van der Waals surface area (Å²) < 4.78 is 29.4. The Labute approximate surface area is 165 Å². The minimum absolute atomic E-state index is 0. The van der Waals surface area contributed by atoms with Gasteiger partial charge in [0.15, 0.2) is 0 Å². The van der Waals surface area contributed by atoms with Gasteiger partial charge in [-0.3, -0.25) is 0 Å². The van der Waals surface area contributed by atoms with Gasteiger partial charge in [0.25, 0.3) is 0 Å². The fraction of sp³-hybridized carbons (Fsp3) is 0.400. The molecule has 0 heterocycles. The summed E-state index contributed by atoms with van der Waals surface area (Å²) in [7, 11) is 0. The van der Waals surface area contributed by atoms with Gasteiger partial charge < -0.3 is 24.6 Å². The van der Waals surface area contributed by atoms with Gasteiger partial charge in [-0.15, -0.1) is 12.4 Å². The standard InChI is InChI=1S/C20H26FNO4.ClH/c1-15(2)22-13-17(23)14-26-20-9-7-19(8-10-20)25-12-11-24-18-5-3-16(21)4-6-18;/h3-10,15,17,22-23H,11-14H2,1-2H3;1H. The van der Waals surface area contributed by atoms with E-state index in [2.05, 4.69) is 5.32 Å². The van der Waals surface area contributed by atoms with Crippen LogP contribution >= 0.6 is 12.4 Å². The second kappa shape index (κ2) is 12.4. The van der Waals surface area contributed by atoms with E-state index in [1.807, 2.05) is 13.8 Å². The zero-order valence-electron chi connectivity index (χ0n) is 15.6. The van der Waals surface area contributed by atoms with Gasteiger partial charge in [0.2, 0.25) is 0 Å². The number of halogens is 2. The van der Waals surface area contributed by atoms with Crippen LogP contribution in [0.5, 0.6) is 17.2 Å². The number of hydrogen-bond acceptors (Lipinski definition) is 5. The largest absolute Gasteiger partial charge is 0.491 e. The van der Waals surface area contributed by atoms with Gasteiger partial charge in [0.1, 0.15) is 49.0 Å². The highest BCUT2D eigenvalue weighted by Gasteiger charge is 2.06. The van der Waals surface area contributed by atoms with Gasteiger partial charge in [0, 0.05) is 12.6 Å². The molecule has 2 N–H and O–H groups in total. The van der Waals surface area contributed by atoms with Crippen LogP contribution in [0.4, 0.5) is 4.39 Å². The second-order valence-electron chi connectivity index (χ2n) is 6.15. The molecule has 5 nitrogen and oxygen atoms in total. The number of benzene rings is 2. The number of nitrogens with one attached hydrogen (secondary N) is 1. The molecule has 0 fully saturated rings. The van der Waals surface area contributed by atoms with Crippen LogP contribution in [0.15, 0.2) is 48.5 Å². The van der Waals surface area contributed by atoms with Crippen LogP contribution in [0, 0.1) is 5.82 Å². The molecule has 0 aromatic heterocycles. The molecule has 1 unspecified atom stereocenters. The third-order valence-corrected chi connectivity index (χ3v) is 3.46. The Bertz CT molecular complexity index is 637. The third kappa shape index (κ3) is 9.47. The Kier molecular flexibility index (Phi) is 10.6. The number of aliphatic hydroxyl groups excluding tert-OH is 1. The molecule has 2 rings (SSSR count). The zero-order chi connectivity index (χ0) is 18.8. The van der Waals surface area contributed by atoms with E-state index in [1.54, 1.807) is 36.4 Å². The lowest BCUT2D eigenvalue weighted by molar-refractivity contribution is 0.104. The van der Waals surface area contributed by atoms with E-state index in [1.165, 1.54) is 12.1 Å². The molecule has 27 heavy (non-hydrogen) atoms. The molecule has 2 aromatic rings. The molecule has 7 heteroatoms. The maximum atomic E-state index is 12.8. The van der Waals surface area contributed by atoms with E-state index in [0.29, 0.717) is 43.0 Å². The van der Waals surface area contributed by atoms with Crippen LogP contribution < -0.4 is 19.5 Å². The van der Waals surface area contributed by atoms with Crippen molar-refractivity contribution in [3.8, 4) is 17.2 Å². The zero-order valence-corrected chi connectivity index (χ0v) is 16.4. The lowest BCUT2D eigenvalue weighted by Crippen LogP contribution is -2.35. The topological polar surface area (TPSA) is 60.0 Å². The maximum absolute atomic E-state index is 12.8. The van der Waals surface area contributed by atoms with Crippen molar-refractivity contribution in [2.45, 2.75) is 26.0 Å². The first-order valence-electron chi connectivity index (χ1n) is 8.68. The van der Waals surface area contributed by atoms with E-state index in [4.69, 9.17) is 14.2 Å². The van der Waals surface area contributed by atoms with Gasteiger partial charge in [-0.05, 0) is 48.5 Å². The first kappa shape index (κ1) is 23.0. The third-order valence-electron chi connectivity index (χ3n) is 3.46. The molecule has 0 aliphatic carbocycles. The normalized spacial score (nSPS) is 11.6. The fourth-order valence-corrected chi connectivity index (χ4v) is 2.11. The molecular weight excluding hydrogens is 373 g/mol. The lowest BCUT2D eigenvalue weighted by Gasteiger charge is -2.15. The predicted molar refractivity (Wildman–Crippen MR) is 106 cm³/mol. The fourth-order valence-electron chi connectivity index (χ4n) is 2.11. The Morgan fingerprint density at radius 1 is 0.852 bits per heavy atom. The highest BCUT2D eigenvalue weighted by atomic mass is 35.5. The summed E-state index contributed by atoms with van der Waals surface area (Å²) in [6.45, 7) is 5.50. The van der Waals surface area contributed by atoms with Crippen LogP contribution in [0.25, 0.3) is 0 Å².